The van der Waals surface area contributed by atoms with Crippen molar-refractivity contribution in [2.24, 2.45) is 0 Å². The summed E-state index contributed by atoms with van der Waals surface area (Å²) in [7, 11) is 1.19. The summed E-state index contributed by atoms with van der Waals surface area (Å²) >= 11 is 1.22. The van der Waals surface area contributed by atoms with E-state index in [0.29, 0.717) is 0 Å². The van der Waals surface area contributed by atoms with Crippen LogP contribution in [-0.2, 0) is 9.53 Å². The second kappa shape index (κ2) is 5.77. The number of hydrogen-bond acceptors (Lipinski definition) is 6. The minimum absolute atomic E-state index is 0.239. The number of methoxy groups -OCH3 is 1. The fraction of sp³-hybridized carbons (Fsp3) is 0.250. The van der Waals surface area contributed by atoms with Crippen molar-refractivity contribution < 1.29 is 19.4 Å². The second-order valence-corrected chi connectivity index (χ2v) is 4.75. The topological polar surface area (TPSA) is 88.5 Å². The van der Waals surface area contributed by atoms with Gasteiger partial charge < -0.3 is 15.2 Å². The molecule has 1 amide bonds. The molecule has 2 aromatic rings. The molecule has 1 aromatic carbocycles. The second-order valence-electron chi connectivity index (χ2n) is 3.72. The van der Waals surface area contributed by atoms with Gasteiger partial charge in [-0.2, -0.15) is 0 Å². The summed E-state index contributed by atoms with van der Waals surface area (Å²) in [5.41, 5.74) is 0.719. The van der Waals surface area contributed by atoms with Crippen LogP contribution in [0.15, 0.2) is 24.3 Å². The number of aromatic nitrogens is 1. The Labute approximate surface area is 113 Å². The molecule has 0 fully saturated rings. The number of aliphatic hydroxyl groups excluding tert-OH is 1. The largest absolute Gasteiger partial charge is 0.467 e. The molecule has 100 valence electrons. The van der Waals surface area contributed by atoms with Gasteiger partial charge in [0.15, 0.2) is 11.0 Å². The predicted octanol–water partition coefficient (Wildman–Crippen LogP) is 0.560. The van der Waals surface area contributed by atoms with E-state index >= 15 is 0 Å². The number of carbonyl (C=O) groups is 2. The van der Waals surface area contributed by atoms with E-state index < -0.39 is 24.5 Å². The van der Waals surface area contributed by atoms with Crippen molar-refractivity contribution in [2.75, 3.05) is 13.7 Å². The van der Waals surface area contributed by atoms with Crippen LogP contribution in [0.2, 0.25) is 0 Å². The average molecular weight is 280 g/mol. The van der Waals surface area contributed by atoms with E-state index in [4.69, 9.17) is 5.11 Å². The van der Waals surface area contributed by atoms with Gasteiger partial charge >= 0.3 is 5.97 Å². The van der Waals surface area contributed by atoms with Gasteiger partial charge in [0.1, 0.15) is 0 Å². The smallest absolute Gasteiger partial charge is 0.330 e. The maximum Gasteiger partial charge on any atom is 0.330 e. The number of benzene rings is 1. The number of para-hydroxylation sites is 1. The van der Waals surface area contributed by atoms with Gasteiger partial charge in [-0.05, 0) is 12.1 Å². The quantitative estimate of drug-likeness (QED) is 0.799. The van der Waals surface area contributed by atoms with Gasteiger partial charge in [-0.3, -0.25) is 4.79 Å². The van der Waals surface area contributed by atoms with Crippen LogP contribution in [0.1, 0.15) is 9.80 Å². The van der Waals surface area contributed by atoms with Crippen molar-refractivity contribution in [3.05, 3.63) is 29.3 Å². The zero-order chi connectivity index (χ0) is 13.8. The van der Waals surface area contributed by atoms with E-state index in [9.17, 15) is 9.59 Å². The molecule has 1 heterocycles. The summed E-state index contributed by atoms with van der Waals surface area (Å²) in [4.78, 5) is 27.3. The fourth-order valence-corrected chi connectivity index (χ4v) is 2.38. The molecule has 2 N–H and O–H groups in total. The molecule has 1 atom stereocenters. The predicted molar refractivity (Wildman–Crippen MR) is 70.0 cm³/mol. The molecule has 0 saturated heterocycles. The number of esters is 1. The molecule has 0 saturated carbocycles. The Morgan fingerprint density at radius 1 is 1.47 bits per heavy atom. The van der Waals surface area contributed by atoms with Gasteiger partial charge in [-0.1, -0.05) is 12.1 Å². The number of fused-ring (bicyclic) bond motifs is 1. The van der Waals surface area contributed by atoms with E-state index in [-0.39, 0.29) is 5.01 Å². The number of aliphatic hydroxyl groups is 1. The first-order chi connectivity index (χ1) is 9.15. The van der Waals surface area contributed by atoms with E-state index in [1.807, 2.05) is 18.2 Å². The van der Waals surface area contributed by atoms with Crippen LogP contribution < -0.4 is 5.32 Å². The number of nitrogens with zero attached hydrogens (tertiary/aromatic N) is 1. The number of rotatable bonds is 4. The van der Waals surface area contributed by atoms with Crippen molar-refractivity contribution in [1.29, 1.82) is 0 Å². The molecule has 0 aliphatic rings. The molecule has 0 spiro atoms. The van der Waals surface area contributed by atoms with Gasteiger partial charge in [0, 0.05) is 0 Å². The Morgan fingerprint density at radius 2 is 2.21 bits per heavy atom. The van der Waals surface area contributed by atoms with Gasteiger partial charge in [0.25, 0.3) is 5.91 Å². The third kappa shape index (κ3) is 2.88. The lowest BCUT2D eigenvalue weighted by Crippen LogP contribution is -2.44. The molecular formula is C12H12N2O4S. The average Bonchev–Trinajstić information content (AvgIpc) is 2.87. The molecule has 1 aromatic heterocycles. The molecule has 7 heteroatoms. The lowest BCUT2D eigenvalue weighted by Gasteiger charge is -2.12. The Balaban J connectivity index is 2.17. The van der Waals surface area contributed by atoms with E-state index in [0.717, 1.165) is 10.2 Å². The number of thiazole rings is 1. The highest BCUT2D eigenvalue weighted by Gasteiger charge is 2.22. The first-order valence-corrected chi connectivity index (χ1v) is 6.32. The van der Waals surface area contributed by atoms with Crippen molar-refractivity contribution in [3.8, 4) is 0 Å². The van der Waals surface area contributed by atoms with Crippen molar-refractivity contribution in [1.82, 2.24) is 10.3 Å². The van der Waals surface area contributed by atoms with E-state index in [2.05, 4.69) is 15.0 Å². The van der Waals surface area contributed by atoms with E-state index in [1.54, 1.807) is 6.07 Å². The molecule has 2 rings (SSSR count). The van der Waals surface area contributed by atoms with Crippen LogP contribution >= 0.6 is 11.3 Å². The van der Waals surface area contributed by atoms with Crippen molar-refractivity contribution in [3.63, 3.8) is 0 Å². The van der Waals surface area contributed by atoms with Gasteiger partial charge in [0.05, 0.1) is 23.9 Å². The third-order valence-electron chi connectivity index (χ3n) is 2.46. The number of hydrogen-bond donors (Lipinski definition) is 2. The lowest BCUT2D eigenvalue weighted by atomic mass is 10.3. The van der Waals surface area contributed by atoms with Gasteiger partial charge in [-0.15, -0.1) is 11.3 Å². The first kappa shape index (κ1) is 13.4. The molecule has 0 bridgehead atoms. The Hall–Kier alpha value is -1.99. The highest BCUT2D eigenvalue weighted by molar-refractivity contribution is 7.20. The van der Waals surface area contributed by atoms with Crippen LogP contribution in [0, 0.1) is 0 Å². The highest BCUT2D eigenvalue weighted by Crippen LogP contribution is 2.21. The number of nitrogens with one attached hydrogen (secondary N) is 1. The Bertz CT molecular complexity index is 578. The molecule has 19 heavy (non-hydrogen) atoms. The number of amides is 1. The standard InChI is InChI=1S/C12H12N2O4S/c1-18-12(17)8(6-15)13-10(16)11-14-7-4-2-3-5-9(7)19-11/h2-5,8,15H,6H2,1H3,(H,13,16)/t8-/m0/s1. The van der Waals surface area contributed by atoms with Crippen LogP contribution in [0.3, 0.4) is 0 Å². The monoisotopic (exact) mass is 280 g/mol. The summed E-state index contributed by atoms with van der Waals surface area (Å²) in [5, 5.41) is 11.6. The SMILES string of the molecule is COC(=O)[C@H](CO)NC(=O)c1nc2ccccc2s1. The molecular weight excluding hydrogens is 268 g/mol. The maximum atomic E-state index is 11.9. The number of carbonyl (C=O) groups excluding carboxylic acids is 2. The molecule has 0 radical (unpaired) electrons. The molecule has 0 aliphatic carbocycles. The highest BCUT2D eigenvalue weighted by atomic mass is 32.1. The van der Waals surface area contributed by atoms with Crippen LogP contribution in [0.5, 0.6) is 0 Å². The van der Waals surface area contributed by atoms with Gasteiger partial charge in [0.2, 0.25) is 0 Å². The summed E-state index contributed by atoms with van der Waals surface area (Å²) in [6.45, 7) is -0.524. The van der Waals surface area contributed by atoms with Crippen LogP contribution in [0.25, 0.3) is 10.2 Å². The minimum atomic E-state index is -1.08. The van der Waals surface area contributed by atoms with Crippen molar-refractivity contribution >= 4 is 33.4 Å². The fourth-order valence-electron chi connectivity index (χ4n) is 1.51. The number of ether oxygens (including phenoxy) is 1. The summed E-state index contributed by atoms with van der Waals surface area (Å²) in [6, 6.07) is 6.26. The first-order valence-electron chi connectivity index (χ1n) is 5.51. The summed E-state index contributed by atoms with van der Waals surface area (Å²) < 4.78 is 5.35. The third-order valence-corrected chi connectivity index (χ3v) is 3.50. The van der Waals surface area contributed by atoms with E-state index in [1.165, 1.54) is 18.4 Å². The van der Waals surface area contributed by atoms with Crippen LogP contribution in [0.4, 0.5) is 0 Å². The Morgan fingerprint density at radius 3 is 2.84 bits per heavy atom. The molecule has 0 aliphatic heterocycles. The Kier molecular flexibility index (Phi) is 4.08. The zero-order valence-corrected chi connectivity index (χ0v) is 10.9. The van der Waals surface area contributed by atoms with Gasteiger partial charge in [-0.25, -0.2) is 9.78 Å². The molecule has 6 nitrogen and oxygen atoms in total. The normalized spacial score (nSPS) is 12.1. The molecule has 0 unspecified atom stereocenters. The van der Waals surface area contributed by atoms with Crippen molar-refractivity contribution in [2.45, 2.75) is 6.04 Å². The summed E-state index contributed by atoms with van der Waals surface area (Å²) in [5.74, 6) is -1.21. The summed E-state index contributed by atoms with van der Waals surface area (Å²) in [6.07, 6.45) is 0. The lowest BCUT2D eigenvalue weighted by molar-refractivity contribution is -0.143. The zero-order valence-electron chi connectivity index (χ0n) is 10.1. The maximum absolute atomic E-state index is 11.9. The van der Waals surface area contributed by atoms with Crippen LogP contribution in [-0.4, -0.2) is 41.7 Å². The minimum Gasteiger partial charge on any atom is -0.467 e.